The molecule has 0 aliphatic rings. The second-order valence-electron chi connectivity index (χ2n) is 4.83. The van der Waals surface area contributed by atoms with Gasteiger partial charge < -0.3 is 10.6 Å². The van der Waals surface area contributed by atoms with Crippen molar-refractivity contribution >= 4 is 0 Å². The molecule has 0 radical (unpaired) electrons. The van der Waals surface area contributed by atoms with Crippen molar-refractivity contribution in [1.82, 2.24) is 10.6 Å². The SMILES string of the molecule is Cc1ccc(CNC(C)CNC(C)C)cc1. The average Bonchev–Trinajstić information content (AvgIpc) is 2.25. The van der Waals surface area contributed by atoms with Gasteiger partial charge in [-0.25, -0.2) is 0 Å². The lowest BCUT2D eigenvalue weighted by atomic mass is 10.1. The predicted molar refractivity (Wildman–Crippen MR) is 70.6 cm³/mol. The zero-order chi connectivity index (χ0) is 12.0. The van der Waals surface area contributed by atoms with Gasteiger partial charge in [-0.3, -0.25) is 0 Å². The molecule has 16 heavy (non-hydrogen) atoms. The maximum atomic E-state index is 3.51. The van der Waals surface area contributed by atoms with Crippen LogP contribution in [-0.4, -0.2) is 18.6 Å². The van der Waals surface area contributed by atoms with E-state index in [2.05, 4.69) is 62.6 Å². The molecule has 0 spiro atoms. The van der Waals surface area contributed by atoms with Crippen LogP contribution in [0.15, 0.2) is 24.3 Å². The molecule has 0 saturated heterocycles. The number of benzene rings is 1. The molecule has 0 aliphatic heterocycles. The van der Waals surface area contributed by atoms with Crippen LogP contribution in [-0.2, 0) is 6.54 Å². The van der Waals surface area contributed by atoms with E-state index in [1.807, 2.05) is 0 Å². The van der Waals surface area contributed by atoms with E-state index in [1.165, 1.54) is 11.1 Å². The van der Waals surface area contributed by atoms with Gasteiger partial charge >= 0.3 is 0 Å². The molecule has 1 aromatic rings. The molecule has 1 unspecified atom stereocenters. The summed E-state index contributed by atoms with van der Waals surface area (Å²) in [5.41, 5.74) is 2.67. The Kier molecular flexibility index (Phi) is 5.50. The van der Waals surface area contributed by atoms with E-state index in [4.69, 9.17) is 0 Å². The van der Waals surface area contributed by atoms with Crippen LogP contribution < -0.4 is 10.6 Å². The summed E-state index contributed by atoms with van der Waals surface area (Å²) in [6.45, 7) is 10.6. The third kappa shape index (κ3) is 5.29. The van der Waals surface area contributed by atoms with E-state index in [0.29, 0.717) is 12.1 Å². The molecular weight excluding hydrogens is 196 g/mol. The molecule has 0 bridgehead atoms. The largest absolute Gasteiger partial charge is 0.313 e. The van der Waals surface area contributed by atoms with Crippen LogP contribution in [0.3, 0.4) is 0 Å². The van der Waals surface area contributed by atoms with Crippen LogP contribution in [0.1, 0.15) is 31.9 Å². The third-order valence-electron chi connectivity index (χ3n) is 2.61. The molecule has 1 atom stereocenters. The van der Waals surface area contributed by atoms with Crippen LogP contribution in [0.4, 0.5) is 0 Å². The summed E-state index contributed by atoms with van der Waals surface area (Å²) in [4.78, 5) is 0. The van der Waals surface area contributed by atoms with Gasteiger partial charge in [-0.05, 0) is 19.4 Å². The summed E-state index contributed by atoms with van der Waals surface area (Å²) in [5, 5.41) is 6.94. The Morgan fingerprint density at radius 3 is 2.19 bits per heavy atom. The molecule has 0 fully saturated rings. The van der Waals surface area contributed by atoms with Crippen molar-refractivity contribution in [3.8, 4) is 0 Å². The molecule has 0 aliphatic carbocycles. The topological polar surface area (TPSA) is 24.1 Å². The minimum atomic E-state index is 0.503. The normalized spacial score (nSPS) is 13.1. The molecule has 0 saturated carbocycles. The second kappa shape index (κ2) is 6.66. The van der Waals surface area contributed by atoms with Gasteiger partial charge in [-0.2, -0.15) is 0 Å². The fourth-order valence-corrected chi connectivity index (χ4v) is 1.48. The van der Waals surface area contributed by atoms with E-state index in [1.54, 1.807) is 0 Å². The molecule has 1 aromatic carbocycles. The molecule has 90 valence electrons. The van der Waals surface area contributed by atoms with E-state index in [0.717, 1.165) is 13.1 Å². The average molecular weight is 220 g/mol. The van der Waals surface area contributed by atoms with Crippen molar-refractivity contribution in [1.29, 1.82) is 0 Å². The number of hydrogen-bond donors (Lipinski definition) is 2. The highest BCUT2D eigenvalue weighted by Crippen LogP contribution is 2.02. The lowest BCUT2D eigenvalue weighted by Crippen LogP contribution is -2.38. The van der Waals surface area contributed by atoms with Gasteiger partial charge in [-0.15, -0.1) is 0 Å². The van der Waals surface area contributed by atoms with Gasteiger partial charge in [0.25, 0.3) is 0 Å². The van der Waals surface area contributed by atoms with Crippen molar-refractivity contribution in [2.45, 2.75) is 46.3 Å². The van der Waals surface area contributed by atoms with Gasteiger partial charge in [0, 0.05) is 25.2 Å². The smallest absolute Gasteiger partial charge is 0.0208 e. The zero-order valence-electron chi connectivity index (χ0n) is 10.9. The van der Waals surface area contributed by atoms with Gasteiger partial charge in [0.15, 0.2) is 0 Å². The summed E-state index contributed by atoms with van der Waals surface area (Å²) in [6, 6.07) is 9.75. The van der Waals surface area contributed by atoms with E-state index >= 15 is 0 Å². The van der Waals surface area contributed by atoms with Crippen LogP contribution in [0, 0.1) is 6.92 Å². The van der Waals surface area contributed by atoms with Gasteiger partial charge in [-0.1, -0.05) is 43.7 Å². The Morgan fingerprint density at radius 2 is 1.62 bits per heavy atom. The van der Waals surface area contributed by atoms with E-state index in [-0.39, 0.29) is 0 Å². The lowest BCUT2D eigenvalue weighted by Gasteiger charge is -2.16. The molecule has 2 N–H and O–H groups in total. The monoisotopic (exact) mass is 220 g/mol. The van der Waals surface area contributed by atoms with Crippen LogP contribution in [0.25, 0.3) is 0 Å². The maximum Gasteiger partial charge on any atom is 0.0208 e. The summed E-state index contributed by atoms with van der Waals surface area (Å²) >= 11 is 0. The molecular formula is C14H24N2. The summed E-state index contributed by atoms with van der Waals surface area (Å²) in [7, 11) is 0. The Bertz CT molecular complexity index is 290. The Morgan fingerprint density at radius 1 is 1.00 bits per heavy atom. The van der Waals surface area contributed by atoms with E-state index < -0.39 is 0 Å². The summed E-state index contributed by atoms with van der Waals surface area (Å²) in [5.74, 6) is 0. The number of aryl methyl sites for hydroxylation is 1. The Hall–Kier alpha value is -0.860. The minimum absolute atomic E-state index is 0.503. The first kappa shape index (κ1) is 13.2. The van der Waals surface area contributed by atoms with Gasteiger partial charge in [0.05, 0.1) is 0 Å². The van der Waals surface area contributed by atoms with Crippen LogP contribution in [0.2, 0.25) is 0 Å². The van der Waals surface area contributed by atoms with Crippen LogP contribution >= 0.6 is 0 Å². The second-order valence-corrected chi connectivity index (χ2v) is 4.83. The highest BCUT2D eigenvalue weighted by Gasteiger charge is 2.01. The first-order valence-corrected chi connectivity index (χ1v) is 6.10. The molecule has 0 aromatic heterocycles. The zero-order valence-corrected chi connectivity index (χ0v) is 10.9. The standard InChI is InChI=1S/C14H24N2/c1-11(2)15-9-13(4)16-10-14-7-5-12(3)6-8-14/h5-8,11,13,15-16H,9-10H2,1-4H3. The highest BCUT2D eigenvalue weighted by atomic mass is 15.0. The molecule has 2 nitrogen and oxygen atoms in total. The number of nitrogens with one attached hydrogen (secondary N) is 2. The maximum absolute atomic E-state index is 3.51. The van der Waals surface area contributed by atoms with Gasteiger partial charge in [0.2, 0.25) is 0 Å². The Balaban J connectivity index is 2.26. The highest BCUT2D eigenvalue weighted by molar-refractivity contribution is 5.21. The minimum Gasteiger partial charge on any atom is -0.313 e. The van der Waals surface area contributed by atoms with Crippen molar-refractivity contribution in [2.24, 2.45) is 0 Å². The first-order chi connectivity index (χ1) is 7.58. The van der Waals surface area contributed by atoms with Crippen LogP contribution in [0.5, 0.6) is 0 Å². The molecule has 1 rings (SSSR count). The van der Waals surface area contributed by atoms with E-state index in [9.17, 15) is 0 Å². The van der Waals surface area contributed by atoms with Crippen molar-refractivity contribution in [3.63, 3.8) is 0 Å². The quantitative estimate of drug-likeness (QED) is 0.769. The number of hydrogen-bond acceptors (Lipinski definition) is 2. The van der Waals surface area contributed by atoms with Crippen molar-refractivity contribution in [3.05, 3.63) is 35.4 Å². The molecule has 0 amide bonds. The predicted octanol–water partition coefficient (Wildman–Crippen LogP) is 2.47. The fourth-order valence-electron chi connectivity index (χ4n) is 1.48. The fraction of sp³-hybridized carbons (Fsp3) is 0.571. The molecule has 2 heteroatoms. The summed E-state index contributed by atoms with van der Waals surface area (Å²) < 4.78 is 0. The van der Waals surface area contributed by atoms with Crippen molar-refractivity contribution in [2.75, 3.05) is 6.54 Å². The first-order valence-electron chi connectivity index (χ1n) is 6.10. The Labute approximate surface area is 99.5 Å². The molecule has 0 heterocycles. The number of rotatable bonds is 6. The summed E-state index contributed by atoms with van der Waals surface area (Å²) in [6.07, 6.45) is 0. The van der Waals surface area contributed by atoms with Crippen molar-refractivity contribution < 1.29 is 0 Å². The lowest BCUT2D eigenvalue weighted by molar-refractivity contribution is 0.474. The van der Waals surface area contributed by atoms with Gasteiger partial charge in [0.1, 0.15) is 0 Å². The third-order valence-corrected chi connectivity index (χ3v) is 2.61.